The molecule has 0 aromatic heterocycles. The highest BCUT2D eigenvalue weighted by Gasteiger charge is 2.26. The van der Waals surface area contributed by atoms with Crippen molar-refractivity contribution in [2.45, 2.75) is 47.5 Å². The van der Waals surface area contributed by atoms with Gasteiger partial charge < -0.3 is 24.0 Å². The topological polar surface area (TPSA) is 127 Å². The first kappa shape index (κ1) is 27.3. The number of carboxylic acids is 1. The Morgan fingerprint density at radius 1 is 0.944 bits per heavy atom. The van der Waals surface area contributed by atoms with Crippen molar-refractivity contribution in [3.63, 3.8) is 0 Å². The van der Waals surface area contributed by atoms with Crippen LogP contribution < -0.4 is 14.3 Å². The number of carbonyl (C=O) groups excluding carboxylic acids is 1. The second-order valence-electron chi connectivity index (χ2n) is 9.48. The van der Waals surface area contributed by atoms with Crippen molar-refractivity contribution in [2.24, 2.45) is 5.92 Å². The number of aromatic carboxylic acids is 1. The second kappa shape index (κ2) is 10.4. The normalized spacial score (nSPS) is 15.7. The Kier molecular flexibility index (Phi) is 7.89. The van der Waals surface area contributed by atoms with Gasteiger partial charge in [0.25, 0.3) is 0 Å². The number of benzene rings is 2. The van der Waals surface area contributed by atoms with Crippen molar-refractivity contribution >= 4 is 25.1 Å². The fourth-order valence-corrected chi connectivity index (χ4v) is 4.76. The quantitative estimate of drug-likeness (QED) is 0.525. The predicted octanol–water partition coefficient (Wildman–Crippen LogP) is 4.94. The summed E-state index contributed by atoms with van der Waals surface area (Å²) < 4.78 is 16.2. The van der Waals surface area contributed by atoms with E-state index in [9.17, 15) is 29.0 Å². The van der Waals surface area contributed by atoms with E-state index in [1.165, 1.54) is 12.1 Å². The van der Waals surface area contributed by atoms with E-state index in [4.69, 9.17) is 4.52 Å². The molecule has 1 N–H and O–H groups in total. The fraction of sp³-hybridized carbons (Fsp3) is 0.286. The SMILES string of the molecule is CC1=CC(=O)C(C(C)C)=C/C1=C(\c1cc(C(C)C)c(OP(=O)([O-])[O-])cc1C)c1ccccc1C(=O)O. The monoisotopic (exact) mass is 508 g/mol. The summed E-state index contributed by atoms with van der Waals surface area (Å²) in [4.78, 5) is 47.7. The van der Waals surface area contributed by atoms with Crippen LogP contribution in [-0.2, 0) is 9.36 Å². The van der Waals surface area contributed by atoms with Crippen LogP contribution in [0, 0.1) is 12.8 Å². The van der Waals surface area contributed by atoms with Crippen LogP contribution in [0.2, 0.25) is 0 Å². The molecule has 3 rings (SSSR count). The Bertz CT molecular complexity index is 1370. The lowest BCUT2D eigenvalue weighted by Crippen LogP contribution is -2.19. The average molecular weight is 509 g/mol. The molecule has 2 aromatic rings. The highest BCUT2D eigenvalue weighted by atomic mass is 31.2. The zero-order chi connectivity index (χ0) is 26.9. The first-order valence-corrected chi connectivity index (χ1v) is 13.1. The number of ketones is 1. The van der Waals surface area contributed by atoms with Crippen molar-refractivity contribution in [1.82, 2.24) is 0 Å². The molecule has 0 heterocycles. The number of hydrogen-bond acceptors (Lipinski definition) is 6. The highest BCUT2D eigenvalue weighted by Crippen LogP contribution is 2.43. The number of carbonyl (C=O) groups is 2. The zero-order valence-corrected chi connectivity index (χ0v) is 22.0. The molecule has 0 spiro atoms. The molecule has 0 aliphatic heterocycles. The maximum absolute atomic E-state index is 12.7. The summed E-state index contributed by atoms with van der Waals surface area (Å²) >= 11 is 0. The van der Waals surface area contributed by atoms with Crippen molar-refractivity contribution in [1.29, 1.82) is 0 Å². The molecule has 0 amide bonds. The first-order chi connectivity index (χ1) is 16.7. The van der Waals surface area contributed by atoms with Crippen LogP contribution >= 0.6 is 7.82 Å². The van der Waals surface area contributed by atoms with Gasteiger partial charge >= 0.3 is 5.97 Å². The van der Waals surface area contributed by atoms with E-state index in [1.807, 2.05) is 27.7 Å². The molecule has 36 heavy (non-hydrogen) atoms. The number of hydrogen-bond donors (Lipinski definition) is 1. The van der Waals surface area contributed by atoms with Gasteiger partial charge in [0, 0.05) is 5.57 Å². The molecule has 0 bridgehead atoms. The lowest BCUT2D eigenvalue weighted by Gasteiger charge is -2.31. The van der Waals surface area contributed by atoms with Crippen LogP contribution in [-0.4, -0.2) is 16.9 Å². The number of carboxylic acid groups (broad SMARTS) is 1. The van der Waals surface area contributed by atoms with Gasteiger partial charge in [0.15, 0.2) is 5.78 Å². The van der Waals surface area contributed by atoms with Crippen LogP contribution in [0.3, 0.4) is 0 Å². The van der Waals surface area contributed by atoms with Crippen molar-refractivity contribution in [3.8, 4) is 5.75 Å². The molecule has 0 saturated carbocycles. The number of rotatable bonds is 7. The molecular weight excluding hydrogens is 479 g/mol. The van der Waals surface area contributed by atoms with Crippen LogP contribution in [0.1, 0.15) is 73.1 Å². The summed E-state index contributed by atoms with van der Waals surface area (Å²) in [5.74, 6) is -1.52. The van der Waals surface area contributed by atoms with Crippen LogP contribution in [0.4, 0.5) is 0 Å². The van der Waals surface area contributed by atoms with Gasteiger partial charge in [-0.3, -0.25) is 4.79 Å². The van der Waals surface area contributed by atoms with Crippen LogP contribution in [0.15, 0.2) is 65.3 Å². The Morgan fingerprint density at radius 2 is 1.56 bits per heavy atom. The summed E-state index contributed by atoms with van der Waals surface area (Å²) in [6.07, 6.45) is 3.36. The third kappa shape index (κ3) is 5.76. The molecule has 8 heteroatoms. The average Bonchev–Trinajstić information content (AvgIpc) is 2.75. The number of allylic oxidation sites excluding steroid dienone is 5. The summed E-state index contributed by atoms with van der Waals surface area (Å²) in [6, 6.07) is 9.82. The number of aryl methyl sites for hydroxylation is 1. The van der Waals surface area contributed by atoms with Crippen molar-refractivity contribution in [2.75, 3.05) is 0 Å². The van der Waals surface area contributed by atoms with Gasteiger partial charge in [0.1, 0.15) is 13.6 Å². The minimum atomic E-state index is -5.30. The lowest BCUT2D eigenvalue weighted by molar-refractivity contribution is -0.333. The standard InChI is InChI=1S/C28H31O7P/c1-15(2)21-13-23(17(5)11-25(21)29)27(19-9-7-8-10-20(19)28(30)31)24-14-22(16(3)4)26(12-18(24)6)35-36(32,33)34/h7-16H,1-6H3,(H,30,31)(H2,32,33,34)/p-2/b27-23+. The fourth-order valence-electron chi connectivity index (χ4n) is 4.36. The van der Waals surface area contributed by atoms with E-state index in [2.05, 4.69) is 0 Å². The Labute approximate surface area is 211 Å². The van der Waals surface area contributed by atoms with Crippen LogP contribution in [0.25, 0.3) is 5.57 Å². The lowest BCUT2D eigenvalue weighted by atomic mass is 9.80. The van der Waals surface area contributed by atoms with Crippen LogP contribution in [0.5, 0.6) is 5.75 Å². The third-order valence-corrected chi connectivity index (χ3v) is 6.55. The molecule has 0 saturated heterocycles. The van der Waals surface area contributed by atoms with Gasteiger partial charge in [-0.1, -0.05) is 45.9 Å². The summed E-state index contributed by atoms with van der Waals surface area (Å²) in [7, 11) is -5.30. The van der Waals surface area contributed by atoms with E-state index in [1.54, 1.807) is 50.3 Å². The van der Waals surface area contributed by atoms with E-state index >= 15 is 0 Å². The smallest absolute Gasteiger partial charge is 0.336 e. The Hall–Kier alpha value is -3.25. The number of phosphoric acid groups is 1. The molecule has 0 radical (unpaired) electrons. The summed E-state index contributed by atoms with van der Waals surface area (Å²) in [5.41, 5.74) is 4.79. The van der Waals surface area contributed by atoms with Gasteiger partial charge in [0.2, 0.25) is 0 Å². The molecule has 0 fully saturated rings. The second-order valence-corrected chi connectivity index (χ2v) is 10.6. The predicted molar refractivity (Wildman–Crippen MR) is 135 cm³/mol. The first-order valence-electron chi connectivity index (χ1n) is 11.6. The summed E-state index contributed by atoms with van der Waals surface area (Å²) in [5, 5.41) is 9.96. The van der Waals surface area contributed by atoms with E-state index < -0.39 is 13.8 Å². The Morgan fingerprint density at radius 3 is 2.08 bits per heavy atom. The van der Waals surface area contributed by atoms with Crippen molar-refractivity contribution < 1.29 is 33.6 Å². The van der Waals surface area contributed by atoms with Gasteiger partial charge in [-0.25, -0.2) is 4.79 Å². The van der Waals surface area contributed by atoms with Gasteiger partial charge in [0.05, 0.1) is 5.56 Å². The van der Waals surface area contributed by atoms with E-state index in [-0.39, 0.29) is 28.9 Å². The molecule has 190 valence electrons. The maximum atomic E-state index is 12.7. The third-order valence-electron chi connectivity index (χ3n) is 6.13. The maximum Gasteiger partial charge on any atom is 0.336 e. The largest absolute Gasteiger partial charge is 0.780 e. The van der Waals surface area contributed by atoms with Gasteiger partial charge in [-0.15, -0.1) is 0 Å². The molecule has 0 atom stereocenters. The molecular formula is C28H29O7P-2. The minimum absolute atomic E-state index is 0.0556. The van der Waals surface area contributed by atoms with E-state index in [0.717, 1.165) is 0 Å². The van der Waals surface area contributed by atoms with E-state index in [0.29, 0.717) is 44.5 Å². The highest BCUT2D eigenvalue weighted by molar-refractivity contribution is 7.43. The Balaban J connectivity index is 2.49. The molecule has 1 aliphatic carbocycles. The van der Waals surface area contributed by atoms with Gasteiger partial charge in [-0.2, -0.15) is 0 Å². The number of phosphoric ester groups is 1. The minimum Gasteiger partial charge on any atom is -0.780 e. The molecule has 2 aromatic carbocycles. The van der Waals surface area contributed by atoms with Gasteiger partial charge in [-0.05, 0) is 95.0 Å². The zero-order valence-electron chi connectivity index (χ0n) is 21.1. The molecule has 0 unspecified atom stereocenters. The molecule has 1 aliphatic rings. The van der Waals surface area contributed by atoms with Crippen molar-refractivity contribution in [3.05, 3.63) is 93.1 Å². The molecule has 7 nitrogen and oxygen atoms in total. The summed E-state index contributed by atoms with van der Waals surface area (Å²) in [6.45, 7) is 11.0.